The van der Waals surface area contributed by atoms with Crippen LogP contribution in [0.3, 0.4) is 0 Å². The Morgan fingerprint density at radius 2 is 1.86 bits per heavy atom. The van der Waals surface area contributed by atoms with E-state index in [0.29, 0.717) is 4.88 Å². The van der Waals surface area contributed by atoms with Crippen molar-refractivity contribution in [3.63, 3.8) is 0 Å². The molecule has 0 fully saturated rings. The summed E-state index contributed by atoms with van der Waals surface area (Å²) < 4.78 is 6.78. The first-order valence-corrected chi connectivity index (χ1v) is 9.47. The minimum atomic E-state index is -0.667. The molecule has 0 aliphatic rings. The number of ether oxygens (including phenoxy) is 1. The summed E-state index contributed by atoms with van der Waals surface area (Å²) in [5.74, 6) is -1.73. The Balaban J connectivity index is 1.57. The van der Waals surface area contributed by atoms with Gasteiger partial charge in [-0.2, -0.15) is 5.10 Å². The predicted molar refractivity (Wildman–Crippen MR) is 104 cm³/mol. The van der Waals surface area contributed by atoms with Crippen LogP contribution in [0.15, 0.2) is 47.8 Å². The van der Waals surface area contributed by atoms with Gasteiger partial charge in [-0.25, -0.2) is 4.68 Å². The molecule has 0 radical (unpaired) electrons. The fourth-order valence-corrected chi connectivity index (χ4v) is 3.34. The monoisotopic (exact) mass is 397 g/mol. The van der Waals surface area contributed by atoms with Crippen LogP contribution in [0.4, 0.5) is 0 Å². The fraction of sp³-hybridized carbons (Fsp3) is 0.200. The summed E-state index contributed by atoms with van der Waals surface area (Å²) in [4.78, 5) is 36.2. The summed E-state index contributed by atoms with van der Waals surface area (Å²) in [6, 6.07) is 12.9. The summed E-state index contributed by atoms with van der Waals surface area (Å²) in [7, 11) is 0. The van der Waals surface area contributed by atoms with Gasteiger partial charge in [0.05, 0.1) is 22.7 Å². The molecule has 0 atom stereocenters. The Kier molecular flexibility index (Phi) is 6.00. The highest BCUT2D eigenvalue weighted by Crippen LogP contribution is 2.18. The fourth-order valence-electron chi connectivity index (χ4n) is 2.72. The molecule has 8 heteroatoms. The smallest absolute Gasteiger partial charge is 0.310 e. The van der Waals surface area contributed by atoms with E-state index in [0.717, 1.165) is 22.6 Å². The Bertz CT molecular complexity index is 994. The second kappa shape index (κ2) is 8.62. The summed E-state index contributed by atoms with van der Waals surface area (Å²) in [6.45, 7) is 3.18. The number of esters is 1. The van der Waals surface area contributed by atoms with Crippen molar-refractivity contribution < 1.29 is 19.1 Å². The van der Waals surface area contributed by atoms with Crippen LogP contribution in [-0.4, -0.2) is 34.2 Å². The van der Waals surface area contributed by atoms with E-state index in [1.807, 2.05) is 44.2 Å². The van der Waals surface area contributed by atoms with Gasteiger partial charge in [-0.3, -0.25) is 19.7 Å². The lowest BCUT2D eigenvalue weighted by Gasteiger charge is -2.07. The van der Waals surface area contributed by atoms with E-state index in [9.17, 15) is 14.4 Å². The molecule has 0 aliphatic carbocycles. The number of hydrogen-bond acceptors (Lipinski definition) is 6. The van der Waals surface area contributed by atoms with Crippen molar-refractivity contribution in [2.45, 2.75) is 20.3 Å². The highest BCUT2D eigenvalue weighted by Gasteiger charge is 2.18. The average molecular weight is 397 g/mol. The van der Waals surface area contributed by atoms with E-state index in [1.54, 1.807) is 22.2 Å². The van der Waals surface area contributed by atoms with Crippen LogP contribution >= 0.6 is 11.3 Å². The third kappa shape index (κ3) is 4.52. The second-order valence-electron chi connectivity index (χ2n) is 6.09. The number of benzene rings is 1. The largest absolute Gasteiger partial charge is 0.455 e. The third-order valence-electron chi connectivity index (χ3n) is 4.13. The molecule has 0 saturated carbocycles. The Morgan fingerprint density at radius 3 is 2.54 bits per heavy atom. The standard InChI is InChI=1S/C20H19N3O4S/c1-13-16(14(2)23(22-13)15-7-4-3-5-8-15)11-19(25)27-12-18(24)21-20(26)17-9-6-10-28-17/h3-10H,11-12H2,1-2H3,(H,21,24,26). The van der Waals surface area contributed by atoms with Crippen LogP contribution in [0.2, 0.25) is 0 Å². The van der Waals surface area contributed by atoms with E-state index < -0.39 is 24.4 Å². The molecular weight excluding hydrogens is 378 g/mol. The van der Waals surface area contributed by atoms with E-state index in [1.165, 1.54) is 11.3 Å². The number of aryl methyl sites for hydroxylation is 1. The number of para-hydroxylation sites is 1. The molecule has 3 aromatic rings. The SMILES string of the molecule is Cc1nn(-c2ccccc2)c(C)c1CC(=O)OCC(=O)NC(=O)c1cccs1. The van der Waals surface area contributed by atoms with Crippen LogP contribution in [0.5, 0.6) is 0 Å². The first-order chi connectivity index (χ1) is 13.5. The zero-order valence-corrected chi connectivity index (χ0v) is 16.3. The van der Waals surface area contributed by atoms with E-state index >= 15 is 0 Å². The molecule has 2 heterocycles. The lowest BCUT2D eigenvalue weighted by Crippen LogP contribution is -2.33. The normalized spacial score (nSPS) is 10.5. The van der Waals surface area contributed by atoms with Gasteiger partial charge in [0.2, 0.25) is 0 Å². The molecule has 0 unspecified atom stereocenters. The van der Waals surface area contributed by atoms with Crippen molar-refractivity contribution >= 4 is 29.1 Å². The number of hydrogen-bond donors (Lipinski definition) is 1. The summed E-state index contributed by atoms with van der Waals surface area (Å²) >= 11 is 1.22. The first-order valence-electron chi connectivity index (χ1n) is 8.59. The Labute approximate surface area is 165 Å². The van der Waals surface area contributed by atoms with Gasteiger partial charge < -0.3 is 4.74 Å². The van der Waals surface area contributed by atoms with Crippen LogP contribution in [-0.2, 0) is 20.7 Å². The summed E-state index contributed by atoms with van der Waals surface area (Å²) in [5.41, 5.74) is 3.20. The number of imide groups is 1. The quantitative estimate of drug-likeness (QED) is 0.646. The molecular formula is C20H19N3O4S. The predicted octanol–water partition coefficient (Wildman–Crippen LogP) is 2.59. The molecule has 2 aromatic heterocycles. The van der Waals surface area contributed by atoms with Gasteiger partial charge in [0, 0.05) is 11.3 Å². The third-order valence-corrected chi connectivity index (χ3v) is 4.99. The number of carbonyl (C=O) groups is 3. The molecule has 0 bridgehead atoms. The topological polar surface area (TPSA) is 90.3 Å². The van der Waals surface area contributed by atoms with Crippen molar-refractivity contribution in [3.8, 4) is 5.69 Å². The number of nitrogens with zero attached hydrogens (tertiary/aromatic N) is 2. The summed E-state index contributed by atoms with van der Waals surface area (Å²) in [6.07, 6.45) is -0.00332. The highest BCUT2D eigenvalue weighted by atomic mass is 32.1. The molecule has 144 valence electrons. The molecule has 28 heavy (non-hydrogen) atoms. The Morgan fingerprint density at radius 1 is 1.11 bits per heavy atom. The van der Waals surface area contributed by atoms with Crippen LogP contribution in [0.1, 0.15) is 26.6 Å². The molecule has 7 nitrogen and oxygen atoms in total. The van der Waals surface area contributed by atoms with E-state index in [2.05, 4.69) is 10.4 Å². The van der Waals surface area contributed by atoms with Crippen LogP contribution in [0.25, 0.3) is 5.69 Å². The molecule has 1 aromatic carbocycles. The van der Waals surface area contributed by atoms with Crippen molar-refractivity contribution in [1.82, 2.24) is 15.1 Å². The van der Waals surface area contributed by atoms with Gasteiger partial charge in [0.25, 0.3) is 11.8 Å². The van der Waals surface area contributed by atoms with Gasteiger partial charge in [-0.15, -0.1) is 11.3 Å². The minimum Gasteiger partial charge on any atom is -0.455 e. The van der Waals surface area contributed by atoms with Gasteiger partial charge in [0.1, 0.15) is 0 Å². The van der Waals surface area contributed by atoms with E-state index in [4.69, 9.17) is 4.74 Å². The molecule has 3 rings (SSSR count). The molecule has 0 aliphatic heterocycles. The zero-order chi connectivity index (χ0) is 20.1. The maximum absolute atomic E-state index is 12.2. The molecule has 0 spiro atoms. The van der Waals surface area contributed by atoms with E-state index in [-0.39, 0.29) is 6.42 Å². The van der Waals surface area contributed by atoms with Gasteiger partial charge in [0.15, 0.2) is 6.61 Å². The average Bonchev–Trinajstić information content (AvgIpc) is 3.31. The molecule has 1 N–H and O–H groups in total. The van der Waals surface area contributed by atoms with Crippen LogP contribution in [0, 0.1) is 13.8 Å². The first kappa shape index (κ1) is 19.5. The number of carbonyl (C=O) groups excluding carboxylic acids is 3. The second-order valence-corrected chi connectivity index (χ2v) is 7.04. The number of aromatic nitrogens is 2. The van der Waals surface area contributed by atoms with Gasteiger partial charge in [-0.1, -0.05) is 24.3 Å². The van der Waals surface area contributed by atoms with Crippen molar-refractivity contribution in [2.75, 3.05) is 6.61 Å². The molecule has 2 amide bonds. The van der Waals surface area contributed by atoms with Crippen molar-refractivity contribution in [2.24, 2.45) is 0 Å². The van der Waals surface area contributed by atoms with Crippen molar-refractivity contribution in [1.29, 1.82) is 0 Å². The van der Waals surface area contributed by atoms with Gasteiger partial charge >= 0.3 is 5.97 Å². The maximum atomic E-state index is 12.2. The number of amides is 2. The number of thiophene rings is 1. The molecule has 0 saturated heterocycles. The number of rotatable bonds is 6. The Hall–Kier alpha value is -3.26. The van der Waals surface area contributed by atoms with Crippen molar-refractivity contribution in [3.05, 3.63) is 69.7 Å². The summed E-state index contributed by atoms with van der Waals surface area (Å²) in [5, 5.41) is 8.41. The minimum absolute atomic E-state index is 0.00332. The van der Waals surface area contributed by atoms with Gasteiger partial charge in [-0.05, 0) is 37.4 Å². The number of nitrogens with one attached hydrogen (secondary N) is 1. The lowest BCUT2D eigenvalue weighted by atomic mass is 10.1. The lowest BCUT2D eigenvalue weighted by molar-refractivity contribution is -0.147. The maximum Gasteiger partial charge on any atom is 0.310 e. The van der Waals surface area contributed by atoms with Crippen LogP contribution < -0.4 is 5.32 Å². The zero-order valence-electron chi connectivity index (χ0n) is 15.5. The highest BCUT2D eigenvalue weighted by molar-refractivity contribution is 7.12.